The van der Waals surface area contributed by atoms with E-state index in [0.29, 0.717) is 13.0 Å². The lowest BCUT2D eigenvalue weighted by Gasteiger charge is -2.19. The van der Waals surface area contributed by atoms with Crippen molar-refractivity contribution in [1.29, 1.82) is 0 Å². The first-order chi connectivity index (χ1) is 8.53. The van der Waals surface area contributed by atoms with Gasteiger partial charge in [-0.25, -0.2) is 0 Å². The van der Waals surface area contributed by atoms with Gasteiger partial charge in [-0.15, -0.1) is 0 Å². The predicted octanol–water partition coefficient (Wildman–Crippen LogP) is 0.407. The fourth-order valence-corrected chi connectivity index (χ4v) is 1.88. The molecule has 1 rings (SSSR count). The monoisotopic (exact) mass is 256 g/mol. The van der Waals surface area contributed by atoms with Gasteiger partial charge in [0.15, 0.2) is 0 Å². The standard InChI is InChI=1S/C12H24N4O2/c1-3-6-14-11(17)9(2)15-8-12(4-5-12)7-10(13)16-18/h9,15,18H,3-8H2,1-2H3,(H2,13,16)(H,14,17). The Hall–Kier alpha value is -1.30. The van der Waals surface area contributed by atoms with Crippen LogP contribution < -0.4 is 16.4 Å². The molecule has 0 heterocycles. The quantitative estimate of drug-likeness (QED) is 0.219. The number of amidine groups is 1. The Morgan fingerprint density at radius 3 is 2.72 bits per heavy atom. The highest BCUT2D eigenvalue weighted by molar-refractivity contribution is 5.81. The normalized spacial score (nSPS) is 19.3. The molecule has 1 atom stereocenters. The average Bonchev–Trinajstić information content (AvgIpc) is 3.13. The number of nitrogens with zero attached hydrogens (tertiary/aromatic N) is 1. The molecule has 5 N–H and O–H groups in total. The molecule has 18 heavy (non-hydrogen) atoms. The minimum Gasteiger partial charge on any atom is -0.409 e. The Kier molecular flexibility index (Phi) is 5.40. The Balaban J connectivity index is 2.29. The Bertz CT molecular complexity index is 313. The van der Waals surface area contributed by atoms with Crippen LogP contribution in [-0.4, -0.2) is 36.1 Å². The van der Waals surface area contributed by atoms with Crippen LogP contribution in [0.15, 0.2) is 5.16 Å². The van der Waals surface area contributed by atoms with Crippen LogP contribution in [0.25, 0.3) is 0 Å². The first-order valence-electron chi connectivity index (χ1n) is 6.50. The van der Waals surface area contributed by atoms with E-state index in [0.717, 1.165) is 25.8 Å². The van der Waals surface area contributed by atoms with Crippen LogP contribution in [0.3, 0.4) is 0 Å². The van der Waals surface area contributed by atoms with Crippen LogP contribution in [-0.2, 0) is 4.79 Å². The molecule has 0 radical (unpaired) electrons. The van der Waals surface area contributed by atoms with Crippen LogP contribution in [0.2, 0.25) is 0 Å². The zero-order valence-corrected chi connectivity index (χ0v) is 11.2. The van der Waals surface area contributed by atoms with E-state index in [4.69, 9.17) is 10.9 Å². The number of hydrogen-bond acceptors (Lipinski definition) is 4. The summed E-state index contributed by atoms with van der Waals surface area (Å²) in [4.78, 5) is 11.7. The number of amides is 1. The van der Waals surface area contributed by atoms with Gasteiger partial charge < -0.3 is 21.6 Å². The number of hydrogen-bond donors (Lipinski definition) is 4. The third kappa shape index (κ3) is 4.52. The SMILES string of the molecule is CCCNC(=O)C(C)NCC1(CC(N)=NO)CC1. The zero-order valence-electron chi connectivity index (χ0n) is 11.2. The molecular weight excluding hydrogens is 232 g/mol. The number of nitrogens with two attached hydrogens (primary N) is 1. The van der Waals surface area contributed by atoms with Crippen LogP contribution in [0, 0.1) is 5.41 Å². The highest BCUT2D eigenvalue weighted by Gasteiger charge is 2.43. The molecule has 0 aromatic carbocycles. The van der Waals surface area contributed by atoms with E-state index in [-0.39, 0.29) is 23.2 Å². The Morgan fingerprint density at radius 1 is 1.56 bits per heavy atom. The molecule has 1 unspecified atom stereocenters. The van der Waals surface area contributed by atoms with Gasteiger partial charge >= 0.3 is 0 Å². The second kappa shape index (κ2) is 6.58. The van der Waals surface area contributed by atoms with Gasteiger partial charge in [0, 0.05) is 19.5 Å². The van der Waals surface area contributed by atoms with Gasteiger partial charge in [-0.3, -0.25) is 4.79 Å². The molecule has 0 saturated heterocycles. The molecule has 0 spiro atoms. The lowest BCUT2D eigenvalue weighted by atomic mass is 10.0. The zero-order chi connectivity index (χ0) is 13.6. The molecular formula is C12H24N4O2. The number of carbonyl (C=O) groups is 1. The van der Waals surface area contributed by atoms with Gasteiger partial charge in [0.05, 0.1) is 6.04 Å². The summed E-state index contributed by atoms with van der Waals surface area (Å²) in [6, 6.07) is -0.207. The number of nitrogens with one attached hydrogen (secondary N) is 2. The molecule has 104 valence electrons. The fraction of sp³-hybridized carbons (Fsp3) is 0.833. The van der Waals surface area contributed by atoms with E-state index < -0.39 is 0 Å². The van der Waals surface area contributed by atoms with Gasteiger partial charge in [-0.05, 0) is 31.6 Å². The molecule has 1 fully saturated rings. The van der Waals surface area contributed by atoms with Crippen LogP contribution in [0.4, 0.5) is 0 Å². The van der Waals surface area contributed by atoms with Gasteiger partial charge in [-0.1, -0.05) is 12.1 Å². The van der Waals surface area contributed by atoms with Crippen molar-refractivity contribution >= 4 is 11.7 Å². The number of carbonyl (C=O) groups excluding carboxylic acids is 1. The lowest BCUT2D eigenvalue weighted by molar-refractivity contribution is -0.122. The van der Waals surface area contributed by atoms with E-state index in [2.05, 4.69) is 15.8 Å². The van der Waals surface area contributed by atoms with Crippen LogP contribution in [0.1, 0.15) is 39.5 Å². The van der Waals surface area contributed by atoms with Gasteiger partial charge in [0.1, 0.15) is 5.84 Å². The van der Waals surface area contributed by atoms with Crippen molar-refractivity contribution < 1.29 is 10.0 Å². The summed E-state index contributed by atoms with van der Waals surface area (Å²) in [5.74, 6) is 0.286. The molecule has 1 amide bonds. The Labute approximate surface area is 108 Å². The molecule has 6 nitrogen and oxygen atoms in total. The highest BCUT2D eigenvalue weighted by atomic mass is 16.4. The lowest BCUT2D eigenvalue weighted by Crippen LogP contribution is -2.44. The molecule has 1 aliphatic carbocycles. The maximum absolute atomic E-state index is 11.7. The first-order valence-corrected chi connectivity index (χ1v) is 6.50. The summed E-state index contributed by atoms with van der Waals surface area (Å²) in [6.07, 6.45) is 3.63. The molecule has 1 saturated carbocycles. The van der Waals surface area contributed by atoms with E-state index >= 15 is 0 Å². The fourth-order valence-electron chi connectivity index (χ4n) is 1.88. The summed E-state index contributed by atoms with van der Waals surface area (Å²) in [5.41, 5.74) is 5.60. The third-order valence-electron chi connectivity index (χ3n) is 3.37. The maximum atomic E-state index is 11.7. The van der Waals surface area contributed by atoms with E-state index in [1.54, 1.807) is 0 Å². The van der Waals surface area contributed by atoms with Gasteiger partial charge in [-0.2, -0.15) is 0 Å². The molecule has 1 aliphatic rings. The maximum Gasteiger partial charge on any atom is 0.236 e. The van der Waals surface area contributed by atoms with Crippen molar-refractivity contribution in [3.63, 3.8) is 0 Å². The molecule has 0 bridgehead atoms. The van der Waals surface area contributed by atoms with Crippen molar-refractivity contribution in [3.8, 4) is 0 Å². The second-order valence-electron chi connectivity index (χ2n) is 5.16. The minimum absolute atomic E-state index is 0.0245. The largest absolute Gasteiger partial charge is 0.409 e. The topological polar surface area (TPSA) is 99.7 Å². The summed E-state index contributed by atoms with van der Waals surface area (Å²) >= 11 is 0. The van der Waals surface area contributed by atoms with E-state index in [9.17, 15) is 4.79 Å². The van der Waals surface area contributed by atoms with Crippen molar-refractivity contribution in [2.45, 2.75) is 45.6 Å². The third-order valence-corrected chi connectivity index (χ3v) is 3.37. The number of rotatable bonds is 8. The first kappa shape index (κ1) is 14.8. The van der Waals surface area contributed by atoms with Crippen molar-refractivity contribution in [3.05, 3.63) is 0 Å². The summed E-state index contributed by atoms with van der Waals surface area (Å²) in [5, 5.41) is 17.6. The summed E-state index contributed by atoms with van der Waals surface area (Å²) in [6.45, 7) is 5.31. The van der Waals surface area contributed by atoms with Gasteiger partial charge in [0.25, 0.3) is 0 Å². The van der Waals surface area contributed by atoms with Crippen molar-refractivity contribution in [2.75, 3.05) is 13.1 Å². The van der Waals surface area contributed by atoms with Crippen molar-refractivity contribution in [1.82, 2.24) is 10.6 Å². The molecule has 0 aromatic rings. The Morgan fingerprint density at radius 2 is 2.22 bits per heavy atom. The predicted molar refractivity (Wildman–Crippen MR) is 70.5 cm³/mol. The molecule has 6 heteroatoms. The summed E-state index contributed by atoms with van der Waals surface area (Å²) in [7, 11) is 0. The van der Waals surface area contributed by atoms with Crippen LogP contribution in [0.5, 0.6) is 0 Å². The van der Waals surface area contributed by atoms with Crippen LogP contribution >= 0.6 is 0 Å². The molecule has 0 aliphatic heterocycles. The van der Waals surface area contributed by atoms with Gasteiger partial charge in [0.2, 0.25) is 5.91 Å². The highest BCUT2D eigenvalue weighted by Crippen LogP contribution is 2.48. The minimum atomic E-state index is -0.207. The van der Waals surface area contributed by atoms with E-state index in [1.165, 1.54) is 0 Å². The molecule has 0 aromatic heterocycles. The van der Waals surface area contributed by atoms with Crippen molar-refractivity contribution in [2.24, 2.45) is 16.3 Å². The summed E-state index contributed by atoms with van der Waals surface area (Å²) < 4.78 is 0. The second-order valence-corrected chi connectivity index (χ2v) is 5.16. The average molecular weight is 256 g/mol. The van der Waals surface area contributed by atoms with E-state index in [1.807, 2.05) is 13.8 Å². The smallest absolute Gasteiger partial charge is 0.236 e. The number of oxime groups is 1.